The number of thiophene rings is 1. The van der Waals surface area contributed by atoms with Gasteiger partial charge in [0.15, 0.2) is 0 Å². The minimum absolute atomic E-state index is 0.231. The van der Waals surface area contributed by atoms with Crippen LogP contribution < -0.4 is 10.5 Å². The van der Waals surface area contributed by atoms with Gasteiger partial charge in [0.2, 0.25) is 0 Å². The Morgan fingerprint density at radius 3 is 2.63 bits per heavy atom. The molecule has 1 aromatic heterocycles. The average Bonchev–Trinajstić information content (AvgIpc) is 2.82. The molecule has 0 radical (unpaired) electrons. The number of hydrogen-bond acceptors (Lipinski definition) is 4. The Labute approximate surface area is 128 Å². The van der Waals surface area contributed by atoms with E-state index in [0.29, 0.717) is 21.7 Å². The highest BCUT2D eigenvalue weighted by atomic mass is 79.9. The van der Waals surface area contributed by atoms with Crippen molar-refractivity contribution in [2.75, 3.05) is 4.72 Å². The lowest BCUT2D eigenvalue weighted by Crippen LogP contribution is -2.11. The summed E-state index contributed by atoms with van der Waals surface area (Å²) in [5.41, 5.74) is 5.91. The zero-order valence-corrected chi connectivity index (χ0v) is 13.5. The van der Waals surface area contributed by atoms with Crippen LogP contribution in [0.15, 0.2) is 39.0 Å². The van der Waals surface area contributed by atoms with E-state index >= 15 is 0 Å². The standard InChI is InChI=1S/C11H10BrClN2O2S2/c12-9-5-7(13)1-3-10(9)15-19(16,17)11-4-2-8(6-14)18-11/h1-5,15H,6,14H2. The van der Waals surface area contributed by atoms with E-state index in [2.05, 4.69) is 20.7 Å². The van der Waals surface area contributed by atoms with Crippen molar-refractivity contribution < 1.29 is 8.42 Å². The van der Waals surface area contributed by atoms with Crippen molar-refractivity contribution >= 4 is 54.6 Å². The fourth-order valence-corrected chi connectivity index (χ4v) is 4.61. The fraction of sp³-hybridized carbons (Fsp3) is 0.0909. The van der Waals surface area contributed by atoms with Crippen molar-refractivity contribution in [2.24, 2.45) is 5.73 Å². The van der Waals surface area contributed by atoms with Crippen molar-refractivity contribution in [1.82, 2.24) is 0 Å². The van der Waals surface area contributed by atoms with Gasteiger partial charge in [-0.2, -0.15) is 0 Å². The molecule has 0 saturated heterocycles. The third-order valence-electron chi connectivity index (χ3n) is 2.28. The molecule has 0 amide bonds. The number of halogens is 2. The lowest BCUT2D eigenvalue weighted by Gasteiger charge is -2.08. The molecule has 2 rings (SSSR count). The first-order valence-electron chi connectivity index (χ1n) is 5.19. The maximum atomic E-state index is 12.2. The topological polar surface area (TPSA) is 72.2 Å². The van der Waals surface area contributed by atoms with Crippen molar-refractivity contribution in [3.63, 3.8) is 0 Å². The third kappa shape index (κ3) is 3.49. The van der Waals surface area contributed by atoms with Crippen LogP contribution >= 0.6 is 38.9 Å². The van der Waals surface area contributed by atoms with E-state index in [-0.39, 0.29) is 4.21 Å². The van der Waals surface area contributed by atoms with Crippen LogP contribution in [0.5, 0.6) is 0 Å². The lowest BCUT2D eigenvalue weighted by molar-refractivity contribution is 0.603. The van der Waals surface area contributed by atoms with E-state index in [4.69, 9.17) is 17.3 Å². The van der Waals surface area contributed by atoms with Crippen molar-refractivity contribution in [2.45, 2.75) is 10.8 Å². The molecular formula is C11H10BrClN2O2S2. The zero-order valence-electron chi connectivity index (χ0n) is 9.56. The number of benzene rings is 1. The molecule has 0 saturated carbocycles. The van der Waals surface area contributed by atoms with E-state index in [0.717, 1.165) is 16.2 Å². The quantitative estimate of drug-likeness (QED) is 0.852. The molecule has 4 nitrogen and oxygen atoms in total. The Kier molecular flexibility index (Phi) is 4.52. The van der Waals surface area contributed by atoms with Gasteiger partial charge in [-0.05, 0) is 46.3 Å². The molecule has 8 heteroatoms. The van der Waals surface area contributed by atoms with Crippen LogP contribution in [-0.4, -0.2) is 8.42 Å². The summed E-state index contributed by atoms with van der Waals surface area (Å²) in [4.78, 5) is 0.815. The second-order valence-electron chi connectivity index (χ2n) is 3.65. The Hall–Kier alpha value is -0.600. The van der Waals surface area contributed by atoms with Crippen molar-refractivity contribution in [3.8, 4) is 0 Å². The van der Waals surface area contributed by atoms with Gasteiger partial charge < -0.3 is 5.73 Å². The molecule has 0 aliphatic rings. The van der Waals surface area contributed by atoms with Gasteiger partial charge in [-0.1, -0.05) is 11.6 Å². The average molecular weight is 382 g/mol. The smallest absolute Gasteiger partial charge is 0.271 e. The first-order valence-corrected chi connectivity index (χ1v) is 8.66. The Bertz CT molecular complexity index is 700. The Balaban J connectivity index is 2.30. The van der Waals surface area contributed by atoms with Gasteiger partial charge in [0.25, 0.3) is 10.0 Å². The number of hydrogen-bond donors (Lipinski definition) is 2. The van der Waals surface area contributed by atoms with E-state index in [1.54, 1.807) is 30.3 Å². The number of sulfonamides is 1. The van der Waals surface area contributed by atoms with Crippen LogP contribution in [0.3, 0.4) is 0 Å². The minimum Gasteiger partial charge on any atom is -0.326 e. The Morgan fingerprint density at radius 2 is 2.05 bits per heavy atom. The van der Waals surface area contributed by atoms with Crippen LogP contribution in [0, 0.1) is 0 Å². The van der Waals surface area contributed by atoms with E-state index in [9.17, 15) is 8.42 Å². The van der Waals surface area contributed by atoms with Crippen LogP contribution in [0.4, 0.5) is 5.69 Å². The number of nitrogens with one attached hydrogen (secondary N) is 1. The molecule has 0 bridgehead atoms. The molecule has 1 aromatic carbocycles. The van der Waals surface area contributed by atoms with Crippen LogP contribution in [-0.2, 0) is 16.6 Å². The Morgan fingerprint density at radius 1 is 1.32 bits per heavy atom. The minimum atomic E-state index is -3.60. The second-order valence-corrected chi connectivity index (χ2v) is 8.02. The molecule has 19 heavy (non-hydrogen) atoms. The molecule has 0 atom stereocenters. The molecular weight excluding hydrogens is 372 g/mol. The highest BCUT2D eigenvalue weighted by molar-refractivity contribution is 9.10. The molecule has 0 aliphatic carbocycles. The molecule has 0 spiro atoms. The van der Waals surface area contributed by atoms with Crippen LogP contribution in [0.2, 0.25) is 5.02 Å². The van der Waals surface area contributed by atoms with Gasteiger partial charge in [0.05, 0.1) is 5.69 Å². The normalized spacial score (nSPS) is 11.5. The SMILES string of the molecule is NCc1ccc(S(=O)(=O)Nc2ccc(Cl)cc2Br)s1. The summed E-state index contributed by atoms with van der Waals surface area (Å²) in [6.07, 6.45) is 0. The van der Waals surface area contributed by atoms with Crippen LogP contribution in [0.1, 0.15) is 4.88 Å². The summed E-state index contributed by atoms with van der Waals surface area (Å²) in [7, 11) is -3.60. The summed E-state index contributed by atoms with van der Waals surface area (Å²) in [5, 5.41) is 0.524. The van der Waals surface area contributed by atoms with Gasteiger partial charge in [0, 0.05) is 20.9 Å². The highest BCUT2D eigenvalue weighted by Gasteiger charge is 2.18. The van der Waals surface area contributed by atoms with Crippen molar-refractivity contribution in [1.29, 1.82) is 0 Å². The first-order chi connectivity index (χ1) is 8.92. The number of rotatable bonds is 4. The van der Waals surface area contributed by atoms with Gasteiger partial charge in [-0.25, -0.2) is 8.42 Å². The largest absolute Gasteiger partial charge is 0.326 e. The van der Waals surface area contributed by atoms with Crippen LogP contribution in [0.25, 0.3) is 0 Å². The molecule has 0 fully saturated rings. The molecule has 0 aliphatic heterocycles. The molecule has 2 aromatic rings. The monoisotopic (exact) mass is 380 g/mol. The molecule has 1 heterocycles. The summed E-state index contributed by atoms with van der Waals surface area (Å²) >= 11 is 10.2. The number of nitrogens with two attached hydrogens (primary N) is 1. The summed E-state index contributed by atoms with van der Waals surface area (Å²) in [6.45, 7) is 0.324. The lowest BCUT2D eigenvalue weighted by atomic mass is 10.3. The van der Waals surface area contributed by atoms with Gasteiger partial charge in [0.1, 0.15) is 4.21 Å². The third-order valence-corrected chi connectivity index (χ3v) is 6.13. The van der Waals surface area contributed by atoms with Gasteiger partial charge in [-0.15, -0.1) is 11.3 Å². The van der Waals surface area contributed by atoms with Gasteiger partial charge in [-0.3, -0.25) is 4.72 Å². The second kappa shape index (κ2) is 5.80. The molecule has 0 unspecified atom stereocenters. The number of anilines is 1. The first kappa shape index (κ1) is 14.8. The predicted octanol–water partition coefficient (Wildman–Crippen LogP) is 3.42. The van der Waals surface area contributed by atoms with E-state index in [1.807, 2.05) is 0 Å². The summed E-state index contributed by atoms with van der Waals surface area (Å²) in [5.74, 6) is 0. The molecule has 102 valence electrons. The molecule has 3 N–H and O–H groups in total. The maximum Gasteiger partial charge on any atom is 0.271 e. The maximum absolute atomic E-state index is 12.2. The highest BCUT2D eigenvalue weighted by Crippen LogP contribution is 2.29. The fourth-order valence-electron chi connectivity index (χ4n) is 1.38. The van der Waals surface area contributed by atoms with E-state index < -0.39 is 10.0 Å². The van der Waals surface area contributed by atoms with E-state index in [1.165, 1.54) is 0 Å². The summed E-state index contributed by atoms with van der Waals surface area (Å²) < 4.78 is 27.7. The zero-order chi connectivity index (χ0) is 14.0. The van der Waals surface area contributed by atoms with Crippen molar-refractivity contribution in [3.05, 3.63) is 44.7 Å². The summed E-state index contributed by atoms with van der Waals surface area (Å²) in [6, 6.07) is 8.08. The van der Waals surface area contributed by atoms with Gasteiger partial charge >= 0.3 is 0 Å². The predicted molar refractivity (Wildman–Crippen MR) is 82.2 cm³/mol.